The number of nitrogens with zero attached hydrogens (tertiary/aromatic N) is 3. The summed E-state index contributed by atoms with van der Waals surface area (Å²) in [4.78, 5) is 18.3. The number of halogens is 1. The van der Waals surface area contributed by atoms with Gasteiger partial charge in [0, 0.05) is 49.1 Å². The molecule has 0 bridgehead atoms. The molecule has 4 aromatic rings. The van der Waals surface area contributed by atoms with E-state index in [9.17, 15) is 14.3 Å². The summed E-state index contributed by atoms with van der Waals surface area (Å²) in [6, 6.07) is 22.5. The van der Waals surface area contributed by atoms with E-state index in [4.69, 9.17) is 4.74 Å². The molecule has 1 N–H and O–H groups in total. The molecule has 3 atom stereocenters. The summed E-state index contributed by atoms with van der Waals surface area (Å²) in [5.74, 6) is -0.386. The van der Waals surface area contributed by atoms with Crippen LogP contribution >= 0.6 is 0 Å². The second-order valence-electron chi connectivity index (χ2n) is 11.1. The van der Waals surface area contributed by atoms with E-state index in [1.54, 1.807) is 17.0 Å². The summed E-state index contributed by atoms with van der Waals surface area (Å²) in [5.41, 5.74) is 5.37. The van der Waals surface area contributed by atoms with Gasteiger partial charge in [0.15, 0.2) is 0 Å². The molecule has 5 rings (SSSR count). The Hall–Kier alpha value is -3.52. The lowest BCUT2D eigenvalue weighted by molar-refractivity contribution is -0.0242. The molecule has 40 heavy (non-hydrogen) atoms. The molecule has 0 saturated carbocycles. The average Bonchev–Trinajstić information content (AvgIpc) is 3.24. The number of carbonyl (C=O) groups excluding carboxylic acids is 1. The molecule has 1 aromatic heterocycles. The molecule has 1 aliphatic heterocycles. The molecule has 210 valence electrons. The third-order valence-electron chi connectivity index (χ3n) is 8.06. The van der Waals surface area contributed by atoms with Crippen molar-refractivity contribution in [2.45, 2.75) is 39.1 Å². The van der Waals surface area contributed by atoms with Gasteiger partial charge < -0.3 is 19.3 Å². The number of aliphatic hydroxyl groups excluding tert-OH is 1. The lowest BCUT2D eigenvalue weighted by Crippen LogP contribution is -2.47. The van der Waals surface area contributed by atoms with E-state index in [1.807, 2.05) is 62.0 Å². The maximum atomic E-state index is 14.4. The number of hydrogen-bond donors (Lipinski definition) is 1. The third kappa shape index (κ3) is 5.55. The first kappa shape index (κ1) is 28.0. The number of para-hydroxylation sites is 1. The molecule has 0 fully saturated rings. The lowest BCUT2D eigenvalue weighted by atomic mass is 9.96. The number of amides is 1. The van der Waals surface area contributed by atoms with Gasteiger partial charge in [-0.2, -0.15) is 0 Å². The number of aromatic nitrogens is 1. The van der Waals surface area contributed by atoms with Gasteiger partial charge in [0.2, 0.25) is 0 Å². The van der Waals surface area contributed by atoms with Gasteiger partial charge in [0.05, 0.1) is 25.4 Å². The SMILES string of the molecule is C[C@H]1CN([C@@H](C)CO)C(=O)c2c(c3ccccc3n2C)-c2ccccc2CO[C@H]1CN(C)Cc1cccc(F)c1. The summed E-state index contributed by atoms with van der Waals surface area (Å²) < 4.78 is 22.4. The number of aliphatic hydroxyl groups is 1. The number of likely N-dealkylation sites (N-methyl/N-ethyl adjacent to an activating group) is 1. The van der Waals surface area contributed by atoms with Crippen LogP contribution in [0.4, 0.5) is 4.39 Å². The molecular formula is C33H38FN3O3. The van der Waals surface area contributed by atoms with Crippen LogP contribution in [0.15, 0.2) is 72.8 Å². The summed E-state index contributed by atoms with van der Waals surface area (Å²) in [7, 11) is 3.94. The van der Waals surface area contributed by atoms with E-state index >= 15 is 0 Å². The van der Waals surface area contributed by atoms with Crippen LogP contribution < -0.4 is 0 Å². The minimum Gasteiger partial charge on any atom is -0.394 e. The highest BCUT2D eigenvalue weighted by atomic mass is 19.1. The number of aryl methyl sites for hydroxylation is 1. The molecule has 0 aliphatic carbocycles. The second kappa shape index (κ2) is 11.9. The highest BCUT2D eigenvalue weighted by molar-refractivity contribution is 6.10. The molecule has 0 unspecified atom stereocenters. The van der Waals surface area contributed by atoms with Crippen molar-refractivity contribution in [1.29, 1.82) is 0 Å². The van der Waals surface area contributed by atoms with Crippen LogP contribution in [0.5, 0.6) is 0 Å². The summed E-state index contributed by atoms with van der Waals surface area (Å²) >= 11 is 0. The Labute approximate surface area is 235 Å². The normalized spacial score (nSPS) is 18.9. The first-order valence-electron chi connectivity index (χ1n) is 13.9. The Bertz CT molecular complexity index is 1500. The van der Waals surface area contributed by atoms with Gasteiger partial charge in [-0.3, -0.25) is 9.69 Å². The van der Waals surface area contributed by atoms with E-state index < -0.39 is 0 Å². The molecule has 3 aromatic carbocycles. The maximum absolute atomic E-state index is 14.4. The van der Waals surface area contributed by atoms with Crippen molar-refractivity contribution in [3.8, 4) is 11.1 Å². The van der Waals surface area contributed by atoms with Crippen molar-refractivity contribution in [2.75, 3.05) is 26.7 Å². The Morgan fingerprint density at radius 3 is 2.62 bits per heavy atom. The summed E-state index contributed by atoms with van der Waals surface area (Å²) in [5, 5.41) is 11.2. The summed E-state index contributed by atoms with van der Waals surface area (Å²) in [6.07, 6.45) is -0.203. The number of ether oxygens (including phenoxy) is 1. The Balaban J connectivity index is 1.57. The third-order valence-corrected chi connectivity index (χ3v) is 8.06. The van der Waals surface area contributed by atoms with Gasteiger partial charge in [-0.15, -0.1) is 0 Å². The van der Waals surface area contributed by atoms with E-state index in [2.05, 4.69) is 30.0 Å². The minimum absolute atomic E-state index is 0.0312. The standard InChI is InChI=1S/C33H38FN3O3/c1-22-17-37(23(2)20-38)33(39)32-31(28-14-7-8-15-29(28)36(32)4)27-13-6-5-11-25(27)21-40-30(22)19-35(3)18-24-10-9-12-26(34)16-24/h5-16,22-23,30,38H,17-21H2,1-4H3/t22-,23-,30-/m0/s1. The molecule has 0 spiro atoms. The van der Waals surface area contributed by atoms with E-state index in [-0.39, 0.29) is 36.4 Å². The smallest absolute Gasteiger partial charge is 0.271 e. The highest BCUT2D eigenvalue weighted by Gasteiger charge is 2.33. The molecule has 0 saturated heterocycles. The minimum atomic E-state index is -0.373. The Kier molecular flexibility index (Phi) is 8.35. The molecule has 1 amide bonds. The zero-order valence-corrected chi connectivity index (χ0v) is 23.7. The zero-order chi connectivity index (χ0) is 28.4. The van der Waals surface area contributed by atoms with Gasteiger partial charge >= 0.3 is 0 Å². The van der Waals surface area contributed by atoms with Crippen molar-refractivity contribution in [1.82, 2.24) is 14.4 Å². The van der Waals surface area contributed by atoms with Crippen molar-refractivity contribution >= 4 is 16.8 Å². The lowest BCUT2D eigenvalue weighted by Gasteiger charge is -2.35. The van der Waals surface area contributed by atoms with E-state index in [1.165, 1.54) is 6.07 Å². The average molecular weight is 544 g/mol. The first-order valence-corrected chi connectivity index (χ1v) is 13.9. The molecular weight excluding hydrogens is 505 g/mol. The number of fused-ring (bicyclic) bond motifs is 5. The molecule has 1 aliphatic rings. The van der Waals surface area contributed by atoms with Crippen molar-refractivity contribution in [2.24, 2.45) is 13.0 Å². The van der Waals surface area contributed by atoms with Gasteiger partial charge in [0.1, 0.15) is 11.5 Å². The van der Waals surface area contributed by atoms with Crippen LogP contribution in [0.25, 0.3) is 22.0 Å². The zero-order valence-electron chi connectivity index (χ0n) is 23.7. The Morgan fingerprint density at radius 2 is 1.85 bits per heavy atom. The fourth-order valence-corrected chi connectivity index (χ4v) is 5.84. The van der Waals surface area contributed by atoms with Crippen LogP contribution in [0, 0.1) is 11.7 Å². The van der Waals surface area contributed by atoms with Crippen molar-refractivity contribution < 1.29 is 19.0 Å². The highest BCUT2D eigenvalue weighted by Crippen LogP contribution is 2.38. The first-order chi connectivity index (χ1) is 19.3. The number of hydrogen-bond acceptors (Lipinski definition) is 4. The van der Waals surface area contributed by atoms with Gasteiger partial charge in [-0.1, -0.05) is 61.5 Å². The topological polar surface area (TPSA) is 57.9 Å². The maximum Gasteiger partial charge on any atom is 0.271 e. The van der Waals surface area contributed by atoms with Gasteiger partial charge in [-0.05, 0) is 48.9 Å². The van der Waals surface area contributed by atoms with Crippen molar-refractivity contribution in [3.63, 3.8) is 0 Å². The fourth-order valence-electron chi connectivity index (χ4n) is 5.84. The number of benzene rings is 3. The predicted octanol–water partition coefficient (Wildman–Crippen LogP) is 5.47. The van der Waals surface area contributed by atoms with Crippen LogP contribution in [0.3, 0.4) is 0 Å². The molecule has 2 heterocycles. The monoisotopic (exact) mass is 543 g/mol. The second-order valence-corrected chi connectivity index (χ2v) is 11.1. The predicted molar refractivity (Wildman–Crippen MR) is 156 cm³/mol. The number of carbonyl (C=O) groups is 1. The van der Waals surface area contributed by atoms with Gasteiger partial charge in [-0.25, -0.2) is 4.39 Å². The van der Waals surface area contributed by atoms with Crippen LogP contribution in [0.1, 0.15) is 35.5 Å². The summed E-state index contributed by atoms with van der Waals surface area (Å²) in [6.45, 7) is 5.84. The fraction of sp³-hybridized carbons (Fsp3) is 0.364. The molecule has 6 nitrogen and oxygen atoms in total. The Morgan fingerprint density at radius 1 is 1.10 bits per heavy atom. The van der Waals surface area contributed by atoms with Crippen LogP contribution in [-0.2, 0) is 24.9 Å². The van der Waals surface area contributed by atoms with Crippen LogP contribution in [-0.4, -0.2) is 64.3 Å². The van der Waals surface area contributed by atoms with E-state index in [0.717, 1.165) is 33.2 Å². The molecule has 7 heteroatoms. The largest absolute Gasteiger partial charge is 0.394 e. The van der Waals surface area contributed by atoms with Crippen LogP contribution in [0.2, 0.25) is 0 Å². The number of rotatable bonds is 6. The quantitative estimate of drug-likeness (QED) is 0.350. The van der Waals surface area contributed by atoms with E-state index in [0.29, 0.717) is 31.9 Å². The molecule has 0 radical (unpaired) electrons. The van der Waals surface area contributed by atoms with Gasteiger partial charge in [0.25, 0.3) is 5.91 Å². The van der Waals surface area contributed by atoms with Crippen molar-refractivity contribution in [3.05, 3.63) is 95.4 Å².